The zero-order valence-electron chi connectivity index (χ0n) is 10.4. The summed E-state index contributed by atoms with van der Waals surface area (Å²) in [5.74, 6) is -0.456. The first-order valence-corrected chi connectivity index (χ1v) is 6.32. The minimum atomic E-state index is -0.492. The van der Waals surface area contributed by atoms with E-state index in [-0.39, 0.29) is 11.4 Å². The van der Waals surface area contributed by atoms with Crippen molar-refractivity contribution in [2.75, 3.05) is 7.11 Å². The highest BCUT2D eigenvalue weighted by Gasteiger charge is 2.15. The van der Waals surface area contributed by atoms with Gasteiger partial charge in [0, 0.05) is 6.20 Å². The number of carbonyl (C=O) groups is 1. The fraction of sp³-hybridized carbons (Fsp3) is 0.0769. The lowest BCUT2D eigenvalue weighted by atomic mass is 10.2. The molecule has 1 amide bonds. The topological polar surface area (TPSA) is 60.5 Å². The summed E-state index contributed by atoms with van der Waals surface area (Å²) in [6.07, 6.45) is 1.48. The van der Waals surface area contributed by atoms with Gasteiger partial charge in [0.1, 0.15) is 17.1 Å². The quantitative estimate of drug-likeness (QED) is 0.869. The molecule has 104 valence electrons. The Labute approximate surface area is 122 Å². The molecule has 20 heavy (non-hydrogen) atoms. The molecular weight excluding hydrogens is 331 g/mol. The predicted molar refractivity (Wildman–Crippen MR) is 72.9 cm³/mol. The van der Waals surface area contributed by atoms with Crippen molar-refractivity contribution in [1.29, 1.82) is 0 Å². The maximum atomic E-state index is 13.0. The Kier molecular flexibility index (Phi) is 4.65. The first-order chi connectivity index (χ1) is 9.61. The lowest BCUT2D eigenvalue weighted by Crippen LogP contribution is -2.22. The first-order valence-electron chi connectivity index (χ1n) is 5.53. The van der Waals surface area contributed by atoms with E-state index >= 15 is 0 Å². The lowest BCUT2D eigenvalue weighted by Gasteiger charge is -2.10. The second-order valence-electron chi connectivity index (χ2n) is 3.67. The van der Waals surface area contributed by atoms with Crippen LogP contribution in [0.5, 0.6) is 11.6 Å². The van der Waals surface area contributed by atoms with Gasteiger partial charge in [-0.05, 0) is 46.3 Å². The van der Waals surface area contributed by atoms with Gasteiger partial charge in [-0.25, -0.2) is 14.9 Å². The minimum absolute atomic E-state index is 0.0920. The molecule has 0 aliphatic rings. The highest BCUT2D eigenvalue weighted by atomic mass is 79.9. The Morgan fingerprint density at radius 1 is 1.40 bits per heavy atom. The number of nitrogens with zero attached hydrogens (tertiary/aromatic N) is 1. The average molecular weight is 341 g/mol. The van der Waals surface area contributed by atoms with E-state index in [1.54, 1.807) is 6.07 Å². The molecule has 2 aromatic rings. The summed E-state index contributed by atoms with van der Waals surface area (Å²) in [7, 11) is 1.32. The Hall–Kier alpha value is -1.99. The van der Waals surface area contributed by atoms with E-state index in [0.29, 0.717) is 10.2 Å². The Morgan fingerprint density at radius 3 is 2.90 bits per heavy atom. The van der Waals surface area contributed by atoms with E-state index in [0.717, 1.165) is 0 Å². The smallest absolute Gasteiger partial charge is 0.280 e. The maximum Gasteiger partial charge on any atom is 0.280 e. The van der Waals surface area contributed by atoms with Crippen LogP contribution in [0.4, 0.5) is 4.39 Å². The highest BCUT2D eigenvalue weighted by molar-refractivity contribution is 9.10. The summed E-state index contributed by atoms with van der Waals surface area (Å²) >= 11 is 3.18. The number of ether oxygens (including phenoxy) is 1. The van der Waals surface area contributed by atoms with Crippen molar-refractivity contribution >= 4 is 21.8 Å². The van der Waals surface area contributed by atoms with Gasteiger partial charge in [-0.15, -0.1) is 0 Å². The van der Waals surface area contributed by atoms with Gasteiger partial charge in [0.15, 0.2) is 0 Å². The van der Waals surface area contributed by atoms with E-state index in [4.69, 9.17) is 4.74 Å². The van der Waals surface area contributed by atoms with Gasteiger partial charge >= 0.3 is 0 Å². The molecule has 1 heterocycles. The molecule has 2 rings (SSSR count). The number of benzene rings is 1. The van der Waals surface area contributed by atoms with Crippen molar-refractivity contribution in [3.05, 3.63) is 52.4 Å². The van der Waals surface area contributed by atoms with Gasteiger partial charge in [0.2, 0.25) is 5.88 Å². The van der Waals surface area contributed by atoms with Gasteiger partial charge < -0.3 is 4.74 Å². The highest BCUT2D eigenvalue weighted by Crippen LogP contribution is 2.30. The number of hydrogen-bond donors (Lipinski definition) is 1. The van der Waals surface area contributed by atoms with Crippen LogP contribution in [0.1, 0.15) is 10.4 Å². The number of nitrogens with one attached hydrogen (secondary N) is 1. The third-order valence-corrected chi connectivity index (χ3v) is 2.93. The van der Waals surface area contributed by atoms with Crippen LogP contribution in [0.3, 0.4) is 0 Å². The van der Waals surface area contributed by atoms with Crippen LogP contribution in [-0.4, -0.2) is 18.0 Å². The van der Waals surface area contributed by atoms with Gasteiger partial charge in [-0.3, -0.25) is 9.63 Å². The minimum Gasteiger partial charge on any atom is -0.437 e. The molecule has 0 unspecified atom stereocenters. The fourth-order valence-electron chi connectivity index (χ4n) is 1.45. The molecular formula is C13H10BrFN2O3. The largest absolute Gasteiger partial charge is 0.437 e. The SMILES string of the molecule is CONC(=O)c1cccnc1Oc1ccc(F)cc1Br. The van der Waals surface area contributed by atoms with Gasteiger partial charge in [0.05, 0.1) is 11.6 Å². The number of amides is 1. The number of hydrogen-bond acceptors (Lipinski definition) is 4. The van der Waals surface area contributed by atoms with Crippen molar-refractivity contribution in [3.63, 3.8) is 0 Å². The van der Waals surface area contributed by atoms with Crippen molar-refractivity contribution in [1.82, 2.24) is 10.5 Å². The van der Waals surface area contributed by atoms with Crippen LogP contribution in [0.2, 0.25) is 0 Å². The number of carbonyl (C=O) groups excluding carboxylic acids is 1. The second kappa shape index (κ2) is 6.44. The fourth-order valence-corrected chi connectivity index (χ4v) is 1.89. The van der Waals surface area contributed by atoms with E-state index in [9.17, 15) is 9.18 Å². The molecule has 7 heteroatoms. The number of hydroxylamine groups is 1. The summed E-state index contributed by atoms with van der Waals surface area (Å²) in [6, 6.07) is 7.07. The average Bonchev–Trinajstić information content (AvgIpc) is 2.43. The zero-order valence-corrected chi connectivity index (χ0v) is 12.0. The van der Waals surface area contributed by atoms with Crippen LogP contribution >= 0.6 is 15.9 Å². The van der Waals surface area contributed by atoms with E-state index in [1.165, 1.54) is 37.6 Å². The summed E-state index contributed by atoms with van der Waals surface area (Å²) in [6.45, 7) is 0. The Morgan fingerprint density at radius 2 is 2.20 bits per heavy atom. The molecule has 0 saturated heterocycles. The third-order valence-electron chi connectivity index (χ3n) is 2.31. The number of halogens is 2. The van der Waals surface area contributed by atoms with Gasteiger partial charge in [-0.2, -0.15) is 0 Å². The Balaban J connectivity index is 2.31. The normalized spacial score (nSPS) is 10.2. The summed E-state index contributed by atoms with van der Waals surface area (Å²) in [5.41, 5.74) is 2.38. The molecule has 5 nitrogen and oxygen atoms in total. The maximum absolute atomic E-state index is 13.0. The predicted octanol–water partition coefficient (Wildman–Crippen LogP) is 3.07. The van der Waals surface area contributed by atoms with Crippen LogP contribution < -0.4 is 10.2 Å². The molecule has 0 fully saturated rings. The van der Waals surface area contributed by atoms with Gasteiger partial charge in [0.25, 0.3) is 5.91 Å². The molecule has 0 radical (unpaired) electrons. The molecule has 1 N–H and O–H groups in total. The molecule has 0 aliphatic heterocycles. The van der Waals surface area contributed by atoms with Crippen molar-refractivity contribution in [3.8, 4) is 11.6 Å². The van der Waals surface area contributed by atoms with E-state index in [1.807, 2.05) is 0 Å². The second-order valence-corrected chi connectivity index (χ2v) is 4.52. The lowest BCUT2D eigenvalue weighted by molar-refractivity contribution is 0.0534. The Bertz CT molecular complexity index is 637. The molecule has 0 bridgehead atoms. The molecule has 0 saturated carbocycles. The van der Waals surface area contributed by atoms with Crippen LogP contribution in [-0.2, 0) is 4.84 Å². The monoisotopic (exact) mass is 340 g/mol. The standard InChI is InChI=1S/C13H10BrFN2O3/c1-19-17-12(18)9-3-2-6-16-13(9)20-11-5-4-8(15)7-10(11)14/h2-7H,1H3,(H,17,18). The van der Waals surface area contributed by atoms with Gasteiger partial charge in [-0.1, -0.05) is 0 Å². The van der Waals surface area contributed by atoms with Crippen molar-refractivity contribution in [2.45, 2.75) is 0 Å². The van der Waals surface area contributed by atoms with Crippen LogP contribution in [0.25, 0.3) is 0 Å². The van der Waals surface area contributed by atoms with Crippen LogP contribution in [0.15, 0.2) is 41.0 Å². The first kappa shape index (κ1) is 14.4. The van der Waals surface area contributed by atoms with Crippen LogP contribution in [0, 0.1) is 5.82 Å². The molecule has 0 spiro atoms. The summed E-state index contributed by atoms with van der Waals surface area (Å²) < 4.78 is 19.0. The molecule has 0 aliphatic carbocycles. The van der Waals surface area contributed by atoms with Crippen molar-refractivity contribution in [2.24, 2.45) is 0 Å². The number of rotatable bonds is 4. The van der Waals surface area contributed by atoms with E-state index < -0.39 is 11.7 Å². The summed E-state index contributed by atoms with van der Waals surface area (Å²) in [4.78, 5) is 20.3. The third kappa shape index (κ3) is 3.31. The van der Waals surface area contributed by atoms with E-state index in [2.05, 4.69) is 31.2 Å². The molecule has 1 aromatic carbocycles. The zero-order chi connectivity index (χ0) is 14.5. The molecule has 0 atom stereocenters. The summed E-state index contributed by atoms with van der Waals surface area (Å²) in [5, 5.41) is 0. The van der Waals surface area contributed by atoms with Crippen molar-refractivity contribution < 1.29 is 18.8 Å². The number of aromatic nitrogens is 1. The number of pyridine rings is 1. The molecule has 1 aromatic heterocycles.